The Morgan fingerprint density at radius 3 is 2.79 bits per heavy atom. The summed E-state index contributed by atoms with van der Waals surface area (Å²) in [4.78, 5) is 2.50. The lowest BCUT2D eigenvalue weighted by molar-refractivity contribution is 0.239. The first-order chi connectivity index (χ1) is 9.08. The van der Waals surface area contributed by atoms with Crippen molar-refractivity contribution >= 4 is 5.69 Å². The van der Waals surface area contributed by atoms with Gasteiger partial charge >= 0.3 is 0 Å². The maximum absolute atomic E-state index is 9.15. The highest BCUT2D eigenvalue weighted by Gasteiger charge is 2.34. The summed E-state index contributed by atoms with van der Waals surface area (Å²) in [5, 5.41) is 12.7. The summed E-state index contributed by atoms with van der Waals surface area (Å²) in [7, 11) is 0. The molecule has 0 spiro atoms. The van der Waals surface area contributed by atoms with Gasteiger partial charge in [-0.1, -0.05) is 25.1 Å². The molecule has 0 bridgehead atoms. The summed E-state index contributed by atoms with van der Waals surface area (Å²) in [6.45, 7) is 8.93. The normalized spacial score (nSPS) is 22.5. The van der Waals surface area contributed by atoms with E-state index in [0.29, 0.717) is 6.04 Å². The molecule has 0 amide bonds. The quantitative estimate of drug-likeness (QED) is 0.873. The molecule has 1 aliphatic rings. The molecule has 0 aromatic heterocycles. The minimum absolute atomic E-state index is 0.108. The van der Waals surface area contributed by atoms with Gasteiger partial charge in [0.05, 0.1) is 0 Å². The van der Waals surface area contributed by atoms with Crippen molar-refractivity contribution in [3.8, 4) is 0 Å². The second kappa shape index (κ2) is 5.93. The smallest absolute Gasteiger partial charge is 0.0471 e. The van der Waals surface area contributed by atoms with Gasteiger partial charge in [0.15, 0.2) is 0 Å². The molecule has 0 aliphatic carbocycles. The van der Waals surface area contributed by atoms with Crippen LogP contribution >= 0.6 is 0 Å². The molecule has 1 aromatic carbocycles. The number of anilines is 1. The SMILES string of the molecule is CCc1ccccc1N1CC(CCO)NCC1(C)C. The van der Waals surface area contributed by atoms with Gasteiger partial charge in [-0.3, -0.25) is 0 Å². The summed E-state index contributed by atoms with van der Waals surface area (Å²) in [6, 6.07) is 9.05. The molecular formula is C16H26N2O. The van der Waals surface area contributed by atoms with E-state index in [1.54, 1.807) is 0 Å². The van der Waals surface area contributed by atoms with E-state index in [9.17, 15) is 0 Å². The standard InChI is InChI=1S/C16H26N2O/c1-4-13-7-5-6-8-15(13)18-11-14(9-10-19)17-12-16(18,2)3/h5-8,14,17,19H,4,9-12H2,1-3H3. The molecule has 3 heteroatoms. The van der Waals surface area contributed by atoms with Crippen molar-refractivity contribution in [2.75, 3.05) is 24.6 Å². The summed E-state index contributed by atoms with van der Waals surface area (Å²) < 4.78 is 0. The zero-order chi connectivity index (χ0) is 13.9. The highest BCUT2D eigenvalue weighted by Crippen LogP contribution is 2.30. The predicted octanol–water partition coefficient (Wildman–Crippen LogP) is 2.19. The van der Waals surface area contributed by atoms with Crippen LogP contribution in [0.15, 0.2) is 24.3 Å². The van der Waals surface area contributed by atoms with Crippen LogP contribution in [-0.4, -0.2) is 36.4 Å². The van der Waals surface area contributed by atoms with Crippen LogP contribution in [0.25, 0.3) is 0 Å². The fourth-order valence-corrected chi connectivity index (χ4v) is 2.87. The zero-order valence-corrected chi connectivity index (χ0v) is 12.3. The van der Waals surface area contributed by atoms with Gasteiger partial charge in [-0.25, -0.2) is 0 Å². The number of nitrogens with one attached hydrogen (secondary N) is 1. The van der Waals surface area contributed by atoms with E-state index in [1.807, 2.05) is 0 Å². The van der Waals surface area contributed by atoms with Gasteiger partial charge < -0.3 is 15.3 Å². The number of para-hydroxylation sites is 1. The molecule has 3 nitrogen and oxygen atoms in total. The van der Waals surface area contributed by atoms with E-state index in [1.165, 1.54) is 11.3 Å². The Balaban J connectivity index is 2.27. The minimum atomic E-state index is 0.108. The van der Waals surface area contributed by atoms with Gasteiger partial charge in [-0.15, -0.1) is 0 Å². The first kappa shape index (κ1) is 14.4. The van der Waals surface area contributed by atoms with Gasteiger partial charge in [0, 0.05) is 37.0 Å². The molecule has 2 rings (SSSR count). The highest BCUT2D eigenvalue weighted by atomic mass is 16.3. The van der Waals surface area contributed by atoms with Crippen molar-refractivity contribution in [1.29, 1.82) is 0 Å². The minimum Gasteiger partial charge on any atom is -0.396 e. The van der Waals surface area contributed by atoms with Crippen molar-refractivity contribution in [1.82, 2.24) is 5.32 Å². The summed E-state index contributed by atoms with van der Waals surface area (Å²) in [5.41, 5.74) is 2.86. The third kappa shape index (κ3) is 3.10. The number of rotatable bonds is 4. The molecule has 0 radical (unpaired) electrons. The van der Waals surface area contributed by atoms with Crippen molar-refractivity contribution in [2.24, 2.45) is 0 Å². The molecule has 0 saturated carbocycles. The molecule has 106 valence electrons. The van der Waals surface area contributed by atoms with Crippen LogP contribution < -0.4 is 10.2 Å². The van der Waals surface area contributed by atoms with Crippen LogP contribution in [0.4, 0.5) is 5.69 Å². The van der Waals surface area contributed by atoms with E-state index >= 15 is 0 Å². The van der Waals surface area contributed by atoms with Crippen LogP contribution in [0.5, 0.6) is 0 Å². The van der Waals surface area contributed by atoms with E-state index in [-0.39, 0.29) is 12.1 Å². The number of piperazine rings is 1. The van der Waals surface area contributed by atoms with Gasteiger partial charge in [0.2, 0.25) is 0 Å². The van der Waals surface area contributed by atoms with Gasteiger partial charge in [0.25, 0.3) is 0 Å². The first-order valence-electron chi connectivity index (χ1n) is 7.28. The number of hydrogen-bond donors (Lipinski definition) is 2. The molecule has 1 aromatic rings. The van der Waals surface area contributed by atoms with E-state index < -0.39 is 0 Å². The summed E-state index contributed by atoms with van der Waals surface area (Å²) >= 11 is 0. The topological polar surface area (TPSA) is 35.5 Å². The molecule has 19 heavy (non-hydrogen) atoms. The lowest BCUT2D eigenvalue weighted by Gasteiger charge is -2.48. The van der Waals surface area contributed by atoms with Crippen molar-refractivity contribution < 1.29 is 5.11 Å². The van der Waals surface area contributed by atoms with Gasteiger partial charge in [-0.05, 0) is 38.3 Å². The summed E-state index contributed by atoms with van der Waals surface area (Å²) in [6.07, 6.45) is 1.88. The Morgan fingerprint density at radius 1 is 1.37 bits per heavy atom. The third-order valence-electron chi connectivity index (χ3n) is 4.10. The van der Waals surface area contributed by atoms with Crippen LogP contribution in [-0.2, 0) is 6.42 Å². The largest absolute Gasteiger partial charge is 0.396 e. The van der Waals surface area contributed by atoms with Crippen LogP contribution in [0.2, 0.25) is 0 Å². The van der Waals surface area contributed by atoms with Crippen LogP contribution in [0.1, 0.15) is 32.8 Å². The summed E-state index contributed by atoms with van der Waals surface area (Å²) in [5.74, 6) is 0. The van der Waals surface area contributed by atoms with Crippen LogP contribution in [0.3, 0.4) is 0 Å². The fourth-order valence-electron chi connectivity index (χ4n) is 2.87. The van der Waals surface area contributed by atoms with Gasteiger partial charge in [-0.2, -0.15) is 0 Å². The second-order valence-electron chi connectivity index (χ2n) is 6.00. The lowest BCUT2D eigenvalue weighted by atomic mass is 9.94. The van der Waals surface area contributed by atoms with Crippen molar-refractivity contribution in [3.05, 3.63) is 29.8 Å². The fraction of sp³-hybridized carbons (Fsp3) is 0.625. The molecule has 1 aliphatic heterocycles. The molecule has 2 N–H and O–H groups in total. The van der Waals surface area contributed by atoms with Gasteiger partial charge in [0.1, 0.15) is 0 Å². The molecular weight excluding hydrogens is 236 g/mol. The Bertz CT molecular complexity index is 417. The third-order valence-corrected chi connectivity index (χ3v) is 4.10. The maximum Gasteiger partial charge on any atom is 0.0471 e. The van der Waals surface area contributed by atoms with Crippen molar-refractivity contribution in [2.45, 2.75) is 45.2 Å². The van der Waals surface area contributed by atoms with E-state index in [4.69, 9.17) is 5.11 Å². The average Bonchev–Trinajstić information content (AvgIpc) is 2.41. The number of nitrogens with zero attached hydrogens (tertiary/aromatic N) is 1. The van der Waals surface area contributed by atoms with Crippen LogP contribution in [0, 0.1) is 0 Å². The number of hydrogen-bond acceptors (Lipinski definition) is 3. The lowest BCUT2D eigenvalue weighted by Crippen LogP contribution is -2.62. The molecule has 1 unspecified atom stereocenters. The highest BCUT2D eigenvalue weighted by molar-refractivity contribution is 5.56. The number of aryl methyl sites for hydroxylation is 1. The maximum atomic E-state index is 9.15. The number of aliphatic hydroxyl groups excluding tert-OH is 1. The Hall–Kier alpha value is -1.06. The Morgan fingerprint density at radius 2 is 2.11 bits per heavy atom. The molecule has 1 atom stereocenters. The number of benzene rings is 1. The Labute approximate surface area is 116 Å². The monoisotopic (exact) mass is 262 g/mol. The Kier molecular flexibility index (Phi) is 4.48. The van der Waals surface area contributed by atoms with E-state index in [2.05, 4.69) is 55.3 Å². The van der Waals surface area contributed by atoms with Crippen molar-refractivity contribution in [3.63, 3.8) is 0 Å². The second-order valence-corrected chi connectivity index (χ2v) is 6.00. The first-order valence-corrected chi connectivity index (χ1v) is 7.28. The zero-order valence-electron chi connectivity index (χ0n) is 12.3. The molecule has 1 fully saturated rings. The number of aliphatic hydroxyl groups is 1. The molecule has 1 heterocycles. The average molecular weight is 262 g/mol. The predicted molar refractivity (Wildman–Crippen MR) is 80.7 cm³/mol. The molecule has 1 saturated heterocycles. The van der Waals surface area contributed by atoms with E-state index in [0.717, 1.165) is 25.9 Å².